The predicted molar refractivity (Wildman–Crippen MR) is 190 cm³/mol. The van der Waals surface area contributed by atoms with Gasteiger partial charge in [-0.25, -0.2) is 5.43 Å². The van der Waals surface area contributed by atoms with Crippen molar-refractivity contribution in [3.8, 4) is 33.9 Å². The van der Waals surface area contributed by atoms with Gasteiger partial charge in [-0.2, -0.15) is 0 Å². The minimum Gasteiger partial charge on any atom is -0.508 e. The third-order valence-electron chi connectivity index (χ3n) is 10.2. The molecule has 1 amide bonds. The van der Waals surface area contributed by atoms with Crippen LogP contribution in [0, 0.1) is 5.41 Å². The molecule has 11 heteroatoms. The zero-order chi connectivity index (χ0) is 35.2. The molecule has 3 aliphatic rings. The van der Waals surface area contributed by atoms with E-state index in [1.807, 2.05) is 25.1 Å². The Balaban J connectivity index is 1.48. The molecule has 2 aromatic carbocycles. The number of hydrogen-bond acceptors (Lipinski definition) is 9. The Bertz CT molecular complexity index is 1940. The number of cyclic esters (lactones) is 1. The maximum absolute atomic E-state index is 13.5. The standard InChI is InChI=1S/C39H47N5O6/c1-23(48-4)34-28(9-7-11-41-34)35-30-21-39(2,3)22-50-38(47)32-10-8-13-44(42-32)37(46)31(40)17-24-15-25(18-27(45)16-24)26-19-29(30)36-33(20-26)49-14-6-5-12-43(35)36/h7,9,11,15-16,18-20,23,31-32,42,45H,5-6,8,10,12-14,17,21-22,40H2,1-4H3/t23-,31-,32-/m0/s1. The molecule has 0 aliphatic carbocycles. The van der Waals surface area contributed by atoms with Crippen LogP contribution in [-0.2, 0) is 38.4 Å². The number of hydrogen-bond donors (Lipinski definition) is 3. The first-order valence-electron chi connectivity index (χ1n) is 17.7. The number of carbonyl (C=O) groups is 2. The van der Waals surface area contributed by atoms with E-state index in [1.165, 1.54) is 5.01 Å². The summed E-state index contributed by atoms with van der Waals surface area (Å²) in [7, 11) is 1.69. The first kappa shape index (κ1) is 34.0. The molecule has 0 unspecified atom stereocenters. The van der Waals surface area contributed by atoms with Crippen molar-refractivity contribution in [1.82, 2.24) is 20.0 Å². The summed E-state index contributed by atoms with van der Waals surface area (Å²) in [6.07, 6.45) is 5.38. The summed E-state index contributed by atoms with van der Waals surface area (Å²) in [5, 5.41) is 13.4. The van der Waals surface area contributed by atoms with Crippen LogP contribution >= 0.6 is 0 Å². The van der Waals surface area contributed by atoms with E-state index in [0.29, 0.717) is 32.4 Å². The molecular weight excluding hydrogens is 634 g/mol. The zero-order valence-corrected chi connectivity index (χ0v) is 29.3. The summed E-state index contributed by atoms with van der Waals surface area (Å²) in [5.41, 5.74) is 16.5. The van der Waals surface area contributed by atoms with Crippen LogP contribution in [0.1, 0.15) is 69.4 Å². The van der Waals surface area contributed by atoms with Crippen LogP contribution in [0.4, 0.5) is 0 Å². The molecule has 11 nitrogen and oxygen atoms in total. The number of benzene rings is 2. The van der Waals surface area contributed by atoms with Crippen molar-refractivity contribution in [3.05, 3.63) is 65.5 Å². The third kappa shape index (κ3) is 6.57. The predicted octanol–water partition coefficient (Wildman–Crippen LogP) is 5.45. The smallest absolute Gasteiger partial charge is 0.324 e. The first-order chi connectivity index (χ1) is 24.0. The molecule has 0 saturated carbocycles. The molecule has 3 atom stereocenters. The molecule has 4 aromatic rings. The lowest BCUT2D eigenvalue weighted by Crippen LogP contribution is -2.59. The second kappa shape index (κ2) is 13.7. The summed E-state index contributed by atoms with van der Waals surface area (Å²) in [6.45, 7) is 8.22. The van der Waals surface area contributed by atoms with Crippen molar-refractivity contribution in [3.63, 3.8) is 0 Å². The number of nitrogens with one attached hydrogen (secondary N) is 1. The Morgan fingerprint density at radius 1 is 1.08 bits per heavy atom. The quantitative estimate of drug-likeness (QED) is 0.241. The second-order valence-electron chi connectivity index (χ2n) is 14.7. The molecule has 5 heterocycles. The van der Waals surface area contributed by atoms with Gasteiger partial charge in [0.25, 0.3) is 5.91 Å². The summed E-state index contributed by atoms with van der Waals surface area (Å²) >= 11 is 0. The number of esters is 1. The molecule has 3 aliphatic heterocycles. The number of hydrazine groups is 1. The van der Waals surface area contributed by atoms with Gasteiger partial charge in [0, 0.05) is 42.8 Å². The number of aromatic nitrogens is 2. The highest BCUT2D eigenvalue weighted by Crippen LogP contribution is 2.46. The minimum absolute atomic E-state index is 0.0855. The number of ether oxygens (including phenoxy) is 3. The van der Waals surface area contributed by atoms with Gasteiger partial charge < -0.3 is 29.6 Å². The molecule has 7 rings (SSSR count). The number of nitrogens with zero attached hydrogens (tertiary/aromatic N) is 3. The van der Waals surface area contributed by atoms with Crippen molar-refractivity contribution in [2.45, 2.75) is 84.0 Å². The summed E-state index contributed by atoms with van der Waals surface area (Å²) < 4.78 is 20.7. The van der Waals surface area contributed by atoms with Gasteiger partial charge in [0.05, 0.1) is 42.3 Å². The number of aryl methyl sites for hydroxylation is 1. The van der Waals surface area contributed by atoms with Crippen molar-refractivity contribution < 1.29 is 28.9 Å². The van der Waals surface area contributed by atoms with Crippen molar-refractivity contribution in [2.75, 3.05) is 26.9 Å². The number of methoxy groups -OCH3 is 1. The molecule has 1 fully saturated rings. The van der Waals surface area contributed by atoms with Gasteiger partial charge in [0.2, 0.25) is 0 Å². The topological polar surface area (TPSA) is 141 Å². The Morgan fingerprint density at radius 2 is 1.90 bits per heavy atom. The van der Waals surface area contributed by atoms with E-state index in [4.69, 9.17) is 24.9 Å². The molecule has 1 saturated heterocycles. The van der Waals surface area contributed by atoms with E-state index >= 15 is 0 Å². The average Bonchev–Trinajstić information content (AvgIpc) is 3.39. The number of rotatable bonds is 3. The summed E-state index contributed by atoms with van der Waals surface area (Å²) in [5.74, 6) is 0.147. The van der Waals surface area contributed by atoms with Crippen molar-refractivity contribution in [1.29, 1.82) is 0 Å². The molecule has 0 radical (unpaired) electrons. The second-order valence-corrected chi connectivity index (χ2v) is 14.7. The molecule has 0 spiro atoms. The van der Waals surface area contributed by atoms with Crippen LogP contribution < -0.4 is 15.9 Å². The molecule has 50 heavy (non-hydrogen) atoms. The molecule has 264 valence electrons. The maximum Gasteiger partial charge on any atom is 0.324 e. The van der Waals surface area contributed by atoms with E-state index in [-0.39, 0.29) is 30.8 Å². The van der Waals surface area contributed by atoms with Gasteiger partial charge in [0.1, 0.15) is 17.5 Å². The molecular formula is C39H47N5O6. The van der Waals surface area contributed by atoms with Crippen LogP contribution in [0.3, 0.4) is 0 Å². The Labute approximate surface area is 292 Å². The third-order valence-corrected chi connectivity index (χ3v) is 10.2. The first-order valence-corrected chi connectivity index (χ1v) is 17.7. The van der Waals surface area contributed by atoms with Crippen molar-refractivity contribution in [2.24, 2.45) is 11.1 Å². The van der Waals surface area contributed by atoms with E-state index in [1.54, 1.807) is 25.4 Å². The maximum atomic E-state index is 13.5. The number of amides is 1. The van der Waals surface area contributed by atoms with E-state index in [9.17, 15) is 14.7 Å². The van der Waals surface area contributed by atoms with Gasteiger partial charge in [-0.1, -0.05) is 19.9 Å². The van der Waals surface area contributed by atoms with Gasteiger partial charge in [-0.15, -0.1) is 0 Å². The Morgan fingerprint density at radius 3 is 2.72 bits per heavy atom. The van der Waals surface area contributed by atoms with Gasteiger partial charge >= 0.3 is 5.97 Å². The van der Waals surface area contributed by atoms with Crippen LogP contribution in [-0.4, -0.2) is 70.5 Å². The SMILES string of the molecule is CO[C@@H](C)c1ncccc1-c1c2c3cc(cc4c3n1CCCCO4)-c1cc(O)cc(c1)C[C@H](N)C(=O)N1CCC[C@H](N1)C(=O)OCC(C)(C)C2. The minimum atomic E-state index is -0.879. The van der Waals surface area contributed by atoms with Gasteiger partial charge in [0.15, 0.2) is 0 Å². The number of aromatic hydroxyl groups is 1. The lowest BCUT2D eigenvalue weighted by molar-refractivity contribution is -0.154. The largest absolute Gasteiger partial charge is 0.508 e. The molecule has 2 aromatic heterocycles. The Kier molecular flexibility index (Phi) is 9.32. The molecule has 6 bridgehead atoms. The van der Waals surface area contributed by atoms with E-state index in [0.717, 1.165) is 75.2 Å². The van der Waals surface area contributed by atoms with Crippen molar-refractivity contribution >= 4 is 22.8 Å². The van der Waals surface area contributed by atoms with E-state index < -0.39 is 23.5 Å². The number of nitrogens with two attached hydrogens (primary N) is 1. The lowest BCUT2D eigenvalue weighted by Gasteiger charge is -2.35. The van der Waals surface area contributed by atoms with Crippen LogP contribution in [0.5, 0.6) is 11.5 Å². The average molecular weight is 682 g/mol. The highest BCUT2D eigenvalue weighted by molar-refractivity contribution is 5.99. The van der Waals surface area contributed by atoms with Crippen LogP contribution in [0.25, 0.3) is 33.3 Å². The fraction of sp³-hybridized carbons (Fsp3) is 0.462. The number of pyridine rings is 1. The van der Waals surface area contributed by atoms with Gasteiger partial charge in [-0.3, -0.25) is 19.6 Å². The van der Waals surface area contributed by atoms with Crippen LogP contribution in [0.15, 0.2) is 48.7 Å². The zero-order valence-electron chi connectivity index (χ0n) is 29.3. The summed E-state index contributed by atoms with van der Waals surface area (Å²) in [4.78, 5) is 31.7. The number of fused-ring (bicyclic) bond motifs is 6. The lowest BCUT2D eigenvalue weighted by atomic mass is 9.84. The fourth-order valence-corrected chi connectivity index (χ4v) is 7.62. The number of phenolic OH excluding ortho intramolecular Hbond substituents is 1. The number of phenols is 1. The normalized spacial score (nSPS) is 21.8. The monoisotopic (exact) mass is 681 g/mol. The number of carbonyl (C=O) groups excluding carboxylic acids is 2. The van der Waals surface area contributed by atoms with E-state index in [2.05, 4.69) is 36.0 Å². The highest BCUT2D eigenvalue weighted by Gasteiger charge is 2.35. The molecule has 4 N–H and O–H groups in total. The fourth-order valence-electron chi connectivity index (χ4n) is 7.62. The van der Waals surface area contributed by atoms with Crippen LogP contribution in [0.2, 0.25) is 0 Å². The highest BCUT2D eigenvalue weighted by atomic mass is 16.5. The Hall–Kier alpha value is -4.45. The van der Waals surface area contributed by atoms with Gasteiger partial charge in [-0.05, 0) is 104 Å². The summed E-state index contributed by atoms with van der Waals surface area (Å²) in [6, 6.07) is 12.1.